The Bertz CT molecular complexity index is 1510. The van der Waals surface area contributed by atoms with Crippen LogP contribution in [0.5, 0.6) is 0 Å². The van der Waals surface area contributed by atoms with Crippen molar-refractivity contribution in [1.82, 2.24) is 0 Å². The minimum atomic E-state index is -0.795. The zero-order chi connectivity index (χ0) is 55.7. The lowest BCUT2D eigenvalue weighted by molar-refractivity contribution is -0.167. The van der Waals surface area contributed by atoms with Crippen molar-refractivity contribution >= 4 is 17.9 Å². The van der Waals surface area contributed by atoms with Crippen LogP contribution in [0.1, 0.15) is 316 Å². The second-order valence-corrected chi connectivity index (χ2v) is 21.7. The van der Waals surface area contributed by atoms with E-state index in [1.165, 1.54) is 154 Å². The van der Waals surface area contributed by atoms with E-state index < -0.39 is 6.10 Å². The number of hydrogen-bond donors (Lipinski definition) is 0. The molecule has 77 heavy (non-hydrogen) atoms. The Morgan fingerprint density at radius 2 is 0.468 bits per heavy atom. The molecule has 0 aliphatic heterocycles. The van der Waals surface area contributed by atoms with Gasteiger partial charge in [-0.05, 0) is 128 Å². The third-order valence-electron chi connectivity index (χ3n) is 14.0. The van der Waals surface area contributed by atoms with Crippen molar-refractivity contribution < 1.29 is 28.6 Å². The standard InChI is InChI=1S/C71H122O6/c1-4-7-10-13-16-19-22-25-28-30-32-33-34-35-36-37-39-40-43-46-49-52-55-58-61-64-70(73)76-67-68(66-75-69(72)63-60-57-54-51-48-45-42-27-24-21-18-15-12-9-6-3)77-71(74)65-62-59-56-53-50-47-44-41-38-31-29-26-23-20-17-14-11-8-5-2/h17-18,20-22,25-27,29-30,32,34-35,38,41-42,68H,4-16,19,23-24,28,31,33,36-37,39-40,43-67H2,1-3H3/b20-17-,21-18-,25-22-,29-26-,32-30-,35-34-,41-38-,42-27-. The van der Waals surface area contributed by atoms with Crippen molar-refractivity contribution in [3.8, 4) is 0 Å². The molecule has 0 bridgehead atoms. The fraction of sp³-hybridized carbons (Fsp3) is 0.732. The number of ether oxygens (including phenoxy) is 3. The summed E-state index contributed by atoms with van der Waals surface area (Å²) in [6.45, 7) is 6.57. The summed E-state index contributed by atoms with van der Waals surface area (Å²) in [5.41, 5.74) is 0. The molecular weight excluding hydrogens is 949 g/mol. The van der Waals surface area contributed by atoms with Gasteiger partial charge in [-0.3, -0.25) is 14.4 Å². The van der Waals surface area contributed by atoms with Gasteiger partial charge in [0.25, 0.3) is 0 Å². The van der Waals surface area contributed by atoms with E-state index in [1.54, 1.807) is 0 Å². The Morgan fingerprint density at radius 3 is 0.753 bits per heavy atom. The molecule has 0 aliphatic carbocycles. The molecule has 0 amide bonds. The van der Waals surface area contributed by atoms with Gasteiger partial charge >= 0.3 is 17.9 Å². The predicted octanol–water partition coefficient (Wildman–Crippen LogP) is 22.4. The average Bonchev–Trinajstić information content (AvgIpc) is 3.43. The van der Waals surface area contributed by atoms with Gasteiger partial charge in [0.1, 0.15) is 13.2 Å². The molecular formula is C71H122O6. The summed E-state index contributed by atoms with van der Waals surface area (Å²) < 4.78 is 16.9. The van der Waals surface area contributed by atoms with Gasteiger partial charge in [0, 0.05) is 19.3 Å². The van der Waals surface area contributed by atoms with Crippen LogP contribution in [0.3, 0.4) is 0 Å². The van der Waals surface area contributed by atoms with Crippen LogP contribution in [-0.2, 0) is 28.6 Å². The third kappa shape index (κ3) is 63.0. The molecule has 0 rings (SSSR count). The Morgan fingerprint density at radius 1 is 0.260 bits per heavy atom. The Hall–Kier alpha value is -3.67. The molecule has 0 heterocycles. The highest BCUT2D eigenvalue weighted by Crippen LogP contribution is 2.15. The van der Waals surface area contributed by atoms with Crippen molar-refractivity contribution in [1.29, 1.82) is 0 Å². The summed E-state index contributed by atoms with van der Waals surface area (Å²) in [6, 6.07) is 0. The molecule has 0 radical (unpaired) electrons. The van der Waals surface area contributed by atoms with E-state index in [-0.39, 0.29) is 31.1 Å². The van der Waals surface area contributed by atoms with Gasteiger partial charge in [0.2, 0.25) is 0 Å². The van der Waals surface area contributed by atoms with Crippen LogP contribution in [0.2, 0.25) is 0 Å². The fourth-order valence-electron chi connectivity index (χ4n) is 9.08. The average molecular weight is 1070 g/mol. The quantitative estimate of drug-likeness (QED) is 0.0261. The molecule has 0 aliphatic rings. The Balaban J connectivity index is 4.38. The van der Waals surface area contributed by atoms with Crippen molar-refractivity contribution in [3.05, 3.63) is 97.2 Å². The maximum Gasteiger partial charge on any atom is 0.306 e. The van der Waals surface area contributed by atoms with E-state index in [9.17, 15) is 14.4 Å². The maximum atomic E-state index is 12.9. The minimum Gasteiger partial charge on any atom is -0.462 e. The van der Waals surface area contributed by atoms with E-state index in [4.69, 9.17) is 14.2 Å². The molecule has 6 nitrogen and oxygen atoms in total. The van der Waals surface area contributed by atoms with E-state index in [0.29, 0.717) is 19.3 Å². The van der Waals surface area contributed by atoms with Gasteiger partial charge in [0.15, 0.2) is 6.10 Å². The van der Waals surface area contributed by atoms with Crippen LogP contribution < -0.4 is 0 Å². The monoisotopic (exact) mass is 1070 g/mol. The number of carbonyl (C=O) groups is 3. The van der Waals surface area contributed by atoms with Gasteiger partial charge in [-0.25, -0.2) is 0 Å². The number of unbranched alkanes of at least 4 members (excludes halogenated alkanes) is 32. The van der Waals surface area contributed by atoms with Crippen molar-refractivity contribution in [2.75, 3.05) is 13.2 Å². The van der Waals surface area contributed by atoms with Crippen molar-refractivity contribution in [2.24, 2.45) is 0 Å². The zero-order valence-electron chi connectivity index (χ0n) is 50.7. The summed E-state index contributed by atoms with van der Waals surface area (Å²) in [5.74, 6) is -0.910. The van der Waals surface area contributed by atoms with Crippen molar-refractivity contribution in [3.63, 3.8) is 0 Å². The van der Waals surface area contributed by atoms with Crippen LogP contribution in [-0.4, -0.2) is 37.2 Å². The third-order valence-corrected chi connectivity index (χ3v) is 14.0. The summed E-state index contributed by atoms with van der Waals surface area (Å²) in [4.78, 5) is 38.3. The molecule has 6 heteroatoms. The largest absolute Gasteiger partial charge is 0.462 e. The SMILES string of the molecule is CCCCC/C=C\C/C=C\C/C=C\CCCCCCCCC(=O)OC(COC(=O)CCCCCCC/C=C\C/C=C\CCCCC)COC(=O)CCCCCCCCCCCC/C=C\C/C=C\C/C=C\CCCCCCC. The highest BCUT2D eigenvalue weighted by Gasteiger charge is 2.19. The summed E-state index contributed by atoms with van der Waals surface area (Å²) in [6.07, 6.45) is 86.9. The van der Waals surface area contributed by atoms with Crippen LogP contribution in [0, 0.1) is 0 Å². The molecule has 0 saturated carbocycles. The molecule has 442 valence electrons. The van der Waals surface area contributed by atoms with Crippen LogP contribution in [0.25, 0.3) is 0 Å². The highest BCUT2D eigenvalue weighted by molar-refractivity contribution is 5.71. The number of hydrogen-bond acceptors (Lipinski definition) is 6. The highest BCUT2D eigenvalue weighted by atomic mass is 16.6. The second-order valence-electron chi connectivity index (χ2n) is 21.7. The van der Waals surface area contributed by atoms with Crippen LogP contribution >= 0.6 is 0 Å². The molecule has 0 aromatic heterocycles. The lowest BCUT2D eigenvalue weighted by atomic mass is 10.1. The molecule has 1 atom stereocenters. The first-order valence-electron chi connectivity index (χ1n) is 32.7. The van der Waals surface area contributed by atoms with Gasteiger partial charge < -0.3 is 14.2 Å². The summed E-state index contributed by atoms with van der Waals surface area (Å²) >= 11 is 0. The maximum absolute atomic E-state index is 12.9. The first-order chi connectivity index (χ1) is 38.0. The smallest absolute Gasteiger partial charge is 0.306 e. The van der Waals surface area contributed by atoms with E-state index in [2.05, 4.69) is 118 Å². The molecule has 0 spiro atoms. The second kappa shape index (κ2) is 64.9. The lowest BCUT2D eigenvalue weighted by Gasteiger charge is -2.18. The molecule has 1 unspecified atom stereocenters. The number of rotatable bonds is 59. The van der Waals surface area contributed by atoms with Crippen LogP contribution in [0.4, 0.5) is 0 Å². The van der Waals surface area contributed by atoms with Gasteiger partial charge in [0.05, 0.1) is 0 Å². The zero-order valence-corrected chi connectivity index (χ0v) is 50.7. The molecule has 0 aromatic carbocycles. The van der Waals surface area contributed by atoms with Crippen LogP contribution in [0.15, 0.2) is 97.2 Å². The van der Waals surface area contributed by atoms with Gasteiger partial charge in [-0.2, -0.15) is 0 Å². The summed E-state index contributed by atoms with van der Waals surface area (Å²) in [5, 5.41) is 0. The van der Waals surface area contributed by atoms with Gasteiger partial charge in [-0.1, -0.05) is 266 Å². The van der Waals surface area contributed by atoms with E-state index >= 15 is 0 Å². The van der Waals surface area contributed by atoms with E-state index in [0.717, 1.165) is 122 Å². The molecule has 0 fully saturated rings. The molecule has 0 N–H and O–H groups in total. The molecule has 0 aromatic rings. The number of allylic oxidation sites excluding steroid dienone is 16. The minimum absolute atomic E-state index is 0.0894. The number of esters is 3. The number of carbonyl (C=O) groups excluding carboxylic acids is 3. The Labute approximate surface area is 477 Å². The lowest BCUT2D eigenvalue weighted by Crippen LogP contribution is -2.30. The van der Waals surface area contributed by atoms with Gasteiger partial charge in [-0.15, -0.1) is 0 Å². The van der Waals surface area contributed by atoms with Crippen molar-refractivity contribution in [2.45, 2.75) is 322 Å². The normalized spacial score (nSPS) is 12.7. The fourth-order valence-corrected chi connectivity index (χ4v) is 9.08. The predicted molar refractivity (Wildman–Crippen MR) is 334 cm³/mol. The molecule has 0 saturated heterocycles. The topological polar surface area (TPSA) is 78.9 Å². The Kier molecular flexibility index (Phi) is 61.8. The first kappa shape index (κ1) is 73.3. The summed E-state index contributed by atoms with van der Waals surface area (Å²) in [7, 11) is 0. The van der Waals surface area contributed by atoms with E-state index in [1.807, 2.05) is 0 Å². The first-order valence-corrected chi connectivity index (χ1v) is 32.7.